The topological polar surface area (TPSA) is 105 Å². The van der Waals surface area contributed by atoms with Gasteiger partial charge in [0.25, 0.3) is 5.91 Å². The zero-order chi connectivity index (χ0) is 15.2. The quantitative estimate of drug-likeness (QED) is 0.604. The summed E-state index contributed by atoms with van der Waals surface area (Å²) in [6.07, 6.45) is 0. The van der Waals surface area contributed by atoms with Crippen LogP contribution >= 0.6 is 0 Å². The smallest absolute Gasteiger partial charge is 0.255 e. The van der Waals surface area contributed by atoms with Gasteiger partial charge in [0.1, 0.15) is 5.75 Å². The van der Waals surface area contributed by atoms with Crippen molar-refractivity contribution in [2.24, 2.45) is 5.73 Å². The number of amides is 1. The Hall–Kier alpha value is -2.89. The molecule has 5 N–H and O–H groups in total. The summed E-state index contributed by atoms with van der Waals surface area (Å²) in [5.41, 5.74) is 6.38. The van der Waals surface area contributed by atoms with Gasteiger partial charge in [0.15, 0.2) is 18.1 Å². The molecule has 0 aliphatic heterocycles. The van der Waals surface area contributed by atoms with Crippen molar-refractivity contribution in [3.8, 4) is 17.2 Å². The predicted molar refractivity (Wildman–Crippen MR) is 78.2 cm³/mol. The standard InChI is InChI=1S/C15H16N2O4/c16-14(19)9-21-12-6-4-11(5-7-12)17-8-10-2-1-3-13(18)15(10)20/h1-7,17-18,20H,8-9H2,(H2,16,19). The van der Waals surface area contributed by atoms with E-state index >= 15 is 0 Å². The summed E-state index contributed by atoms with van der Waals surface area (Å²) < 4.78 is 5.14. The number of phenolic OH excluding ortho intramolecular Hbond substituents is 2. The second kappa shape index (κ2) is 6.51. The van der Waals surface area contributed by atoms with Crippen molar-refractivity contribution in [2.45, 2.75) is 6.54 Å². The monoisotopic (exact) mass is 288 g/mol. The molecule has 110 valence electrons. The molecule has 0 radical (unpaired) electrons. The molecule has 2 aromatic rings. The van der Waals surface area contributed by atoms with Gasteiger partial charge >= 0.3 is 0 Å². The molecule has 0 fully saturated rings. The van der Waals surface area contributed by atoms with Crippen LogP contribution in [-0.4, -0.2) is 22.7 Å². The Morgan fingerprint density at radius 1 is 1.14 bits per heavy atom. The van der Waals surface area contributed by atoms with Gasteiger partial charge in [-0.3, -0.25) is 4.79 Å². The van der Waals surface area contributed by atoms with Crippen LogP contribution in [0.4, 0.5) is 5.69 Å². The molecule has 0 saturated carbocycles. The van der Waals surface area contributed by atoms with Crippen molar-refractivity contribution in [3.63, 3.8) is 0 Å². The molecule has 2 aromatic carbocycles. The van der Waals surface area contributed by atoms with Gasteiger partial charge in [-0.15, -0.1) is 0 Å². The van der Waals surface area contributed by atoms with Gasteiger partial charge < -0.3 is 26.0 Å². The number of ether oxygens (including phenoxy) is 1. The highest BCUT2D eigenvalue weighted by Crippen LogP contribution is 2.28. The zero-order valence-electron chi connectivity index (χ0n) is 11.2. The van der Waals surface area contributed by atoms with Crippen molar-refractivity contribution in [1.29, 1.82) is 0 Å². The van der Waals surface area contributed by atoms with Crippen LogP contribution in [0.3, 0.4) is 0 Å². The number of rotatable bonds is 6. The Bertz CT molecular complexity index is 626. The van der Waals surface area contributed by atoms with Gasteiger partial charge in [0, 0.05) is 17.8 Å². The second-order valence-corrected chi connectivity index (χ2v) is 4.42. The van der Waals surface area contributed by atoms with Crippen LogP contribution in [0.1, 0.15) is 5.56 Å². The van der Waals surface area contributed by atoms with E-state index in [4.69, 9.17) is 10.5 Å². The average Bonchev–Trinajstić information content (AvgIpc) is 2.48. The van der Waals surface area contributed by atoms with E-state index in [1.807, 2.05) is 0 Å². The Labute approximate surface area is 121 Å². The third-order valence-electron chi connectivity index (χ3n) is 2.82. The third kappa shape index (κ3) is 4.04. The highest BCUT2D eigenvalue weighted by Gasteiger charge is 2.05. The van der Waals surface area contributed by atoms with E-state index in [2.05, 4.69) is 5.32 Å². The van der Waals surface area contributed by atoms with Gasteiger partial charge in [-0.05, 0) is 30.3 Å². The van der Waals surface area contributed by atoms with Crippen LogP contribution in [0.2, 0.25) is 0 Å². The summed E-state index contributed by atoms with van der Waals surface area (Å²) in [4.78, 5) is 10.6. The van der Waals surface area contributed by atoms with Crippen LogP contribution in [0.15, 0.2) is 42.5 Å². The first-order chi connectivity index (χ1) is 10.1. The predicted octanol–water partition coefficient (Wildman–Crippen LogP) is 1.57. The lowest BCUT2D eigenvalue weighted by Crippen LogP contribution is -2.19. The van der Waals surface area contributed by atoms with Gasteiger partial charge in [-0.2, -0.15) is 0 Å². The highest BCUT2D eigenvalue weighted by molar-refractivity contribution is 5.75. The molecular formula is C15H16N2O4. The molecule has 1 amide bonds. The van der Waals surface area contributed by atoms with E-state index in [9.17, 15) is 15.0 Å². The first-order valence-electron chi connectivity index (χ1n) is 6.31. The van der Waals surface area contributed by atoms with Crippen LogP contribution in [0, 0.1) is 0 Å². The molecule has 6 nitrogen and oxygen atoms in total. The molecule has 2 rings (SSSR count). The number of phenols is 2. The molecule has 0 unspecified atom stereocenters. The Morgan fingerprint density at radius 2 is 1.86 bits per heavy atom. The van der Waals surface area contributed by atoms with E-state index in [0.29, 0.717) is 17.9 Å². The molecule has 0 aromatic heterocycles. The Kier molecular flexibility index (Phi) is 4.50. The number of anilines is 1. The van der Waals surface area contributed by atoms with Gasteiger partial charge in [-0.25, -0.2) is 0 Å². The number of aromatic hydroxyl groups is 2. The second-order valence-electron chi connectivity index (χ2n) is 4.42. The molecule has 0 heterocycles. The minimum Gasteiger partial charge on any atom is -0.504 e. The van der Waals surface area contributed by atoms with Crippen molar-refractivity contribution in [1.82, 2.24) is 0 Å². The zero-order valence-corrected chi connectivity index (χ0v) is 11.2. The summed E-state index contributed by atoms with van der Waals surface area (Å²) in [6.45, 7) is 0.200. The van der Waals surface area contributed by atoms with Crippen molar-refractivity contribution < 1.29 is 19.7 Å². The van der Waals surface area contributed by atoms with E-state index < -0.39 is 5.91 Å². The maximum Gasteiger partial charge on any atom is 0.255 e. The lowest BCUT2D eigenvalue weighted by atomic mass is 10.2. The number of nitrogens with one attached hydrogen (secondary N) is 1. The summed E-state index contributed by atoms with van der Waals surface area (Å²) in [5, 5.41) is 22.2. The van der Waals surface area contributed by atoms with Gasteiger partial charge in [0.2, 0.25) is 0 Å². The lowest BCUT2D eigenvalue weighted by Gasteiger charge is -2.10. The van der Waals surface area contributed by atoms with Crippen molar-refractivity contribution in [3.05, 3.63) is 48.0 Å². The third-order valence-corrected chi connectivity index (χ3v) is 2.82. The van der Waals surface area contributed by atoms with Crippen molar-refractivity contribution >= 4 is 11.6 Å². The molecule has 6 heteroatoms. The molecule has 0 saturated heterocycles. The number of carbonyl (C=O) groups excluding carboxylic acids is 1. The molecule has 0 aliphatic rings. The maximum absolute atomic E-state index is 10.6. The fourth-order valence-corrected chi connectivity index (χ4v) is 1.74. The number of primary amides is 1. The van der Waals surface area contributed by atoms with Crippen molar-refractivity contribution in [2.75, 3.05) is 11.9 Å². The number of hydrogen-bond donors (Lipinski definition) is 4. The summed E-state index contributed by atoms with van der Waals surface area (Å²) in [7, 11) is 0. The lowest BCUT2D eigenvalue weighted by molar-refractivity contribution is -0.119. The number of carbonyl (C=O) groups is 1. The molecule has 0 spiro atoms. The maximum atomic E-state index is 10.6. The SMILES string of the molecule is NC(=O)COc1ccc(NCc2cccc(O)c2O)cc1. The van der Waals surface area contributed by atoms with Crippen LogP contribution in [0.25, 0.3) is 0 Å². The summed E-state index contributed by atoms with van der Waals surface area (Å²) >= 11 is 0. The molecular weight excluding hydrogens is 272 g/mol. The first kappa shape index (κ1) is 14.5. The normalized spacial score (nSPS) is 10.1. The minimum atomic E-state index is -0.531. The Balaban J connectivity index is 1.94. The summed E-state index contributed by atoms with van der Waals surface area (Å²) in [5.74, 6) is -0.271. The Morgan fingerprint density at radius 3 is 2.52 bits per heavy atom. The van der Waals surface area contributed by atoms with E-state index in [1.54, 1.807) is 36.4 Å². The fourth-order valence-electron chi connectivity index (χ4n) is 1.74. The molecule has 0 atom stereocenters. The number of hydrogen-bond acceptors (Lipinski definition) is 5. The van der Waals surface area contributed by atoms with Gasteiger partial charge in [0.05, 0.1) is 0 Å². The van der Waals surface area contributed by atoms with Crippen LogP contribution in [-0.2, 0) is 11.3 Å². The minimum absolute atomic E-state index is 0.133. The molecule has 0 aliphatic carbocycles. The first-order valence-corrected chi connectivity index (χ1v) is 6.31. The van der Waals surface area contributed by atoms with E-state index in [1.165, 1.54) is 6.07 Å². The molecule has 21 heavy (non-hydrogen) atoms. The molecule has 0 bridgehead atoms. The highest BCUT2D eigenvalue weighted by atomic mass is 16.5. The fraction of sp³-hybridized carbons (Fsp3) is 0.133. The number of para-hydroxylation sites is 1. The van der Waals surface area contributed by atoms with E-state index in [-0.39, 0.29) is 18.1 Å². The van der Waals surface area contributed by atoms with Gasteiger partial charge in [-0.1, -0.05) is 12.1 Å². The number of benzene rings is 2. The summed E-state index contributed by atoms with van der Waals surface area (Å²) in [6, 6.07) is 11.7. The number of nitrogens with two attached hydrogens (primary N) is 1. The van der Waals surface area contributed by atoms with E-state index in [0.717, 1.165) is 5.69 Å². The average molecular weight is 288 g/mol. The van der Waals surface area contributed by atoms with Crippen LogP contribution < -0.4 is 15.8 Å². The van der Waals surface area contributed by atoms with Crippen LogP contribution in [0.5, 0.6) is 17.2 Å². The largest absolute Gasteiger partial charge is 0.504 e.